The molecule has 1 aromatic heterocycles. The fourth-order valence-corrected chi connectivity index (χ4v) is 5.62. The fraction of sp³-hybridized carbons (Fsp3) is 0.435. The number of anilines is 2. The summed E-state index contributed by atoms with van der Waals surface area (Å²) in [7, 11) is 1.33. The van der Waals surface area contributed by atoms with Gasteiger partial charge in [0.25, 0.3) is 0 Å². The second-order valence-electron chi connectivity index (χ2n) is 8.10. The van der Waals surface area contributed by atoms with E-state index in [-0.39, 0.29) is 43.0 Å². The number of hydrogen-bond acceptors (Lipinski definition) is 6. The number of amides is 2. The average molecular weight is 496 g/mol. The van der Waals surface area contributed by atoms with Gasteiger partial charge in [0.15, 0.2) is 0 Å². The molecule has 4 rings (SSSR count). The van der Waals surface area contributed by atoms with Crippen molar-refractivity contribution >= 4 is 52.2 Å². The van der Waals surface area contributed by atoms with Crippen molar-refractivity contribution in [3.8, 4) is 0 Å². The Morgan fingerprint density at radius 2 is 2.00 bits per heavy atom. The van der Waals surface area contributed by atoms with Crippen LogP contribution in [0.4, 0.5) is 15.1 Å². The summed E-state index contributed by atoms with van der Waals surface area (Å²) in [4.78, 5) is 42.9. The number of carbonyl (C=O) groups excluding carboxylic acids is 3. The van der Waals surface area contributed by atoms with Crippen molar-refractivity contribution in [3.63, 3.8) is 0 Å². The standard InChI is InChI=1S/C23H26FN3O4S.ClH/c1-3-9-26-10-8-17-18(13-26)32-22(20(17)23(30)31-2)25-21(29)14-11-19(28)27(12-14)16-6-4-15(24)5-7-16;/h4-7,14H,3,8-13H2,1-2H3,(H,25,29);1H. The molecule has 2 amide bonds. The van der Waals surface area contributed by atoms with Crippen LogP contribution in [-0.4, -0.2) is 49.4 Å². The van der Waals surface area contributed by atoms with Crippen molar-refractivity contribution in [1.29, 1.82) is 0 Å². The average Bonchev–Trinajstić information content (AvgIpc) is 3.34. The number of carbonyl (C=O) groups is 3. The maximum absolute atomic E-state index is 13.2. The summed E-state index contributed by atoms with van der Waals surface area (Å²) >= 11 is 1.41. The molecule has 3 heterocycles. The molecule has 1 saturated heterocycles. The Morgan fingerprint density at radius 1 is 1.27 bits per heavy atom. The number of nitrogens with one attached hydrogen (secondary N) is 1. The Labute approximate surface area is 202 Å². The lowest BCUT2D eigenvalue weighted by Gasteiger charge is -2.26. The Hall–Kier alpha value is -2.49. The van der Waals surface area contributed by atoms with Gasteiger partial charge in [-0.2, -0.15) is 0 Å². The summed E-state index contributed by atoms with van der Waals surface area (Å²) in [5.74, 6) is -1.90. The van der Waals surface area contributed by atoms with Gasteiger partial charge in [-0.25, -0.2) is 9.18 Å². The summed E-state index contributed by atoms with van der Waals surface area (Å²) in [5.41, 5.74) is 1.93. The summed E-state index contributed by atoms with van der Waals surface area (Å²) < 4.78 is 18.2. The van der Waals surface area contributed by atoms with Crippen molar-refractivity contribution in [2.45, 2.75) is 32.7 Å². The van der Waals surface area contributed by atoms with E-state index in [1.807, 2.05) is 0 Å². The van der Waals surface area contributed by atoms with Crippen LogP contribution in [0.15, 0.2) is 24.3 Å². The van der Waals surface area contributed by atoms with Crippen molar-refractivity contribution in [1.82, 2.24) is 4.90 Å². The molecule has 0 spiro atoms. The van der Waals surface area contributed by atoms with E-state index in [1.165, 1.54) is 47.6 Å². The smallest absolute Gasteiger partial charge is 0.341 e. The minimum atomic E-state index is -0.561. The number of halogens is 2. The molecule has 2 aliphatic rings. The van der Waals surface area contributed by atoms with E-state index in [4.69, 9.17) is 4.74 Å². The molecule has 1 N–H and O–H groups in total. The van der Waals surface area contributed by atoms with Gasteiger partial charge in [-0.3, -0.25) is 14.5 Å². The number of nitrogens with zero attached hydrogens (tertiary/aromatic N) is 2. The predicted molar refractivity (Wildman–Crippen MR) is 128 cm³/mol. The van der Waals surface area contributed by atoms with Crippen LogP contribution in [0.1, 0.15) is 40.6 Å². The first-order valence-electron chi connectivity index (χ1n) is 10.7. The van der Waals surface area contributed by atoms with Crippen LogP contribution in [0.2, 0.25) is 0 Å². The molecular weight excluding hydrogens is 469 g/mol. The third-order valence-electron chi connectivity index (χ3n) is 5.94. The minimum Gasteiger partial charge on any atom is -0.465 e. The molecule has 1 fully saturated rings. The van der Waals surface area contributed by atoms with Gasteiger partial charge in [0.1, 0.15) is 10.8 Å². The van der Waals surface area contributed by atoms with Crippen LogP contribution >= 0.6 is 23.7 Å². The zero-order chi connectivity index (χ0) is 22.8. The molecule has 7 nitrogen and oxygen atoms in total. The van der Waals surface area contributed by atoms with Gasteiger partial charge in [-0.05, 0) is 49.2 Å². The SMILES string of the molecule is CCCN1CCc2c(sc(NC(=O)C3CC(=O)N(c4ccc(F)cc4)C3)c2C(=O)OC)C1.Cl. The van der Waals surface area contributed by atoms with Gasteiger partial charge in [-0.15, -0.1) is 23.7 Å². The molecule has 1 atom stereocenters. The number of rotatable bonds is 6. The van der Waals surface area contributed by atoms with Crippen LogP contribution in [0.3, 0.4) is 0 Å². The largest absolute Gasteiger partial charge is 0.465 e. The first kappa shape index (κ1) is 25.1. The number of ether oxygens (including phenoxy) is 1. The molecule has 0 radical (unpaired) electrons. The number of thiophene rings is 1. The highest BCUT2D eigenvalue weighted by Gasteiger charge is 2.37. The van der Waals surface area contributed by atoms with Crippen molar-refractivity contribution in [2.24, 2.45) is 5.92 Å². The normalized spacial score (nSPS) is 18.0. The maximum atomic E-state index is 13.2. The van der Waals surface area contributed by atoms with Crippen LogP contribution < -0.4 is 10.2 Å². The third kappa shape index (κ3) is 5.20. The number of methoxy groups -OCH3 is 1. The lowest BCUT2D eigenvalue weighted by Crippen LogP contribution is -2.31. The van der Waals surface area contributed by atoms with Gasteiger partial charge < -0.3 is 15.0 Å². The predicted octanol–water partition coefficient (Wildman–Crippen LogP) is 3.86. The van der Waals surface area contributed by atoms with Gasteiger partial charge in [0.2, 0.25) is 11.8 Å². The summed E-state index contributed by atoms with van der Waals surface area (Å²) in [6.45, 7) is 4.93. The van der Waals surface area contributed by atoms with Gasteiger partial charge in [-0.1, -0.05) is 6.92 Å². The van der Waals surface area contributed by atoms with E-state index in [0.29, 0.717) is 16.3 Å². The van der Waals surface area contributed by atoms with Gasteiger partial charge in [0.05, 0.1) is 18.6 Å². The first-order chi connectivity index (χ1) is 15.4. The quantitative estimate of drug-likeness (QED) is 0.616. The van der Waals surface area contributed by atoms with Gasteiger partial charge >= 0.3 is 5.97 Å². The van der Waals surface area contributed by atoms with Crippen LogP contribution in [0, 0.1) is 11.7 Å². The van der Waals surface area contributed by atoms with E-state index >= 15 is 0 Å². The number of esters is 1. The highest BCUT2D eigenvalue weighted by Crippen LogP contribution is 2.38. The molecular formula is C23H27ClFN3O4S. The lowest BCUT2D eigenvalue weighted by atomic mass is 10.0. The summed E-state index contributed by atoms with van der Waals surface area (Å²) in [6, 6.07) is 5.63. The van der Waals surface area contributed by atoms with E-state index in [0.717, 1.165) is 42.9 Å². The third-order valence-corrected chi connectivity index (χ3v) is 7.07. The Balaban J connectivity index is 0.00000306. The maximum Gasteiger partial charge on any atom is 0.341 e. The molecule has 10 heteroatoms. The molecule has 1 unspecified atom stereocenters. The second kappa shape index (κ2) is 10.6. The Kier molecular flexibility index (Phi) is 8.10. The number of benzene rings is 1. The van der Waals surface area contributed by atoms with E-state index in [2.05, 4.69) is 17.1 Å². The van der Waals surface area contributed by atoms with Crippen molar-refractivity contribution < 1.29 is 23.5 Å². The molecule has 0 bridgehead atoms. The lowest BCUT2D eigenvalue weighted by molar-refractivity contribution is -0.122. The topological polar surface area (TPSA) is 79.0 Å². The fourth-order valence-electron chi connectivity index (χ4n) is 4.34. The van der Waals surface area contributed by atoms with E-state index in [1.54, 1.807) is 0 Å². The first-order valence-corrected chi connectivity index (χ1v) is 11.5. The number of fused-ring (bicyclic) bond motifs is 1. The zero-order valence-corrected chi connectivity index (χ0v) is 20.2. The summed E-state index contributed by atoms with van der Waals surface area (Å²) in [6.07, 6.45) is 1.84. The van der Waals surface area contributed by atoms with E-state index in [9.17, 15) is 18.8 Å². The molecule has 178 valence electrons. The zero-order valence-electron chi connectivity index (χ0n) is 18.6. The minimum absolute atomic E-state index is 0. The monoisotopic (exact) mass is 495 g/mol. The molecule has 0 aliphatic carbocycles. The van der Waals surface area contributed by atoms with Crippen molar-refractivity contribution in [2.75, 3.05) is 37.0 Å². The van der Waals surface area contributed by atoms with Crippen LogP contribution in [-0.2, 0) is 27.3 Å². The van der Waals surface area contributed by atoms with E-state index < -0.39 is 11.9 Å². The van der Waals surface area contributed by atoms with Crippen LogP contribution in [0.25, 0.3) is 0 Å². The highest BCUT2D eigenvalue weighted by atomic mass is 35.5. The Morgan fingerprint density at radius 3 is 2.67 bits per heavy atom. The Bertz CT molecular complexity index is 1040. The molecule has 2 aromatic rings. The van der Waals surface area contributed by atoms with Crippen LogP contribution in [0.5, 0.6) is 0 Å². The highest BCUT2D eigenvalue weighted by molar-refractivity contribution is 7.17. The second-order valence-corrected chi connectivity index (χ2v) is 9.20. The molecule has 2 aliphatic heterocycles. The molecule has 0 saturated carbocycles. The molecule has 1 aromatic carbocycles. The van der Waals surface area contributed by atoms with Gasteiger partial charge in [0, 0.05) is 36.6 Å². The van der Waals surface area contributed by atoms with Crippen molar-refractivity contribution in [3.05, 3.63) is 46.1 Å². The number of hydrogen-bond donors (Lipinski definition) is 1. The summed E-state index contributed by atoms with van der Waals surface area (Å²) in [5, 5.41) is 3.38. The molecule has 33 heavy (non-hydrogen) atoms.